The van der Waals surface area contributed by atoms with E-state index < -0.39 is 17.2 Å². The molecule has 0 unspecified atom stereocenters. The number of fused-ring (bicyclic) bond motifs is 1. The van der Waals surface area contributed by atoms with Gasteiger partial charge in [-0.05, 0) is 18.9 Å². The second kappa shape index (κ2) is 6.67. The lowest BCUT2D eigenvalue weighted by molar-refractivity contribution is 0.0695. The molecule has 2 aromatic heterocycles. The Bertz CT molecular complexity index is 1010. The van der Waals surface area contributed by atoms with Crippen molar-refractivity contribution in [2.45, 2.75) is 18.9 Å². The van der Waals surface area contributed by atoms with Crippen molar-refractivity contribution in [1.82, 2.24) is 14.5 Å². The molecular weight excluding hydrogens is 351 g/mol. The summed E-state index contributed by atoms with van der Waals surface area (Å²) in [4.78, 5) is 32.3. The number of piperazine rings is 1. The number of aromatic nitrogens is 2. The first-order valence-electron chi connectivity index (χ1n) is 8.89. The van der Waals surface area contributed by atoms with Crippen molar-refractivity contribution >= 4 is 22.8 Å². The van der Waals surface area contributed by atoms with E-state index in [1.807, 2.05) is 4.90 Å². The summed E-state index contributed by atoms with van der Waals surface area (Å²) >= 11 is 0. The van der Waals surface area contributed by atoms with Crippen LogP contribution >= 0.6 is 0 Å². The van der Waals surface area contributed by atoms with Crippen molar-refractivity contribution < 1.29 is 14.3 Å². The number of carboxylic acids is 1. The lowest BCUT2D eigenvalue weighted by Gasteiger charge is -2.34. The van der Waals surface area contributed by atoms with E-state index in [9.17, 15) is 19.1 Å². The van der Waals surface area contributed by atoms with E-state index in [0.29, 0.717) is 38.4 Å². The van der Waals surface area contributed by atoms with Crippen molar-refractivity contribution in [3.05, 3.63) is 33.9 Å². The van der Waals surface area contributed by atoms with Crippen LogP contribution in [-0.4, -0.2) is 58.3 Å². The maximum atomic E-state index is 14.8. The van der Waals surface area contributed by atoms with Gasteiger partial charge in [0.15, 0.2) is 11.6 Å². The lowest BCUT2D eigenvalue weighted by Crippen LogP contribution is -2.47. The first-order chi connectivity index (χ1) is 13.0. The number of hydrogen-bond donors (Lipinski definition) is 1. The molecule has 0 radical (unpaired) electrons. The number of hydrogen-bond acceptors (Lipinski definition) is 5. The molecule has 1 aliphatic heterocycles. The number of nitrogens with zero attached hydrogens (tertiary/aromatic N) is 4. The van der Waals surface area contributed by atoms with Gasteiger partial charge in [0.1, 0.15) is 11.2 Å². The molecule has 1 aliphatic carbocycles. The Balaban J connectivity index is 1.78. The normalized spacial score (nSPS) is 17.9. The fourth-order valence-electron chi connectivity index (χ4n) is 3.49. The van der Waals surface area contributed by atoms with E-state index in [2.05, 4.69) is 15.8 Å². The largest absolute Gasteiger partial charge is 0.477 e. The smallest absolute Gasteiger partial charge is 0.341 e. The van der Waals surface area contributed by atoms with Crippen LogP contribution < -0.4 is 10.3 Å². The molecule has 0 amide bonds. The fraction of sp³-hybridized carbons (Fsp3) is 0.421. The zero-order chi connectivity index (χ0) is 19.1. The molecule has 4 rings (SSSR count). The maximum Gasteiger partial charge on any atom is 0.341 e. The summed E-state index contributed by atoms with van der Waals surface area (Å²) in [5.41, 5.74) is -0.715. The molecule has 27 heavy (non-hydrogen) atoms. The van der Waals surface area contributed by atoms with Crippen molar-refractivity contribution in [3.8, 4) is 12.3 Å². The number of anilines is 1. The molecule has 2 fully saturated rings. The highest BCUT2D eigenvalue weighted by molar-refractivity contribution is 5.92. The predicted molar refractivity (Wildman–Crippen MR) is 98.7 cm³/mol. The summed E-state index contributed by atoms with van der Waals surface area (Å²) in [5.74, 6) is 0.871. The summed E-state index contributed by atoms with van der Waals surface area (Å²) in [7, 11) is 0. The highest BCUT2D eigenvalue weighted by Gasteiger charge is 2.29. The Kier molecular flexibility index (Phi) is 4.32. The average Bonchev–Trinajstić information content (AvgIpc) is 3.48. The zero-order valence-corrected chi connectivity index (χ0v) is 14.7. The minimum atomic E-state index is -1.31. The molecule has 3 heterocycles. The van der Waals surface area contributed by atoms with E-state index in [1.165, 1.54) is 6.20 Å². The van der Waals surface area contributed by atoms with E-state index in [0.717, 1.165) is 18.9 Å². The van der Waals surface area contributed by atoms with Gasteiger partial charge in [-0.2, -0.15) is 0 Å². The van der Waals surface area contributed by atoms with Crippen LogP contribution in [0.15, 0.2) is 17.1 Å². The Morgan fingerprint density at radius 3 is 2.63 bits per heavy atom. The SMILES string of the molecule is C#CCN1CCN(c2nc3c(cc2F)c(=O)c(C(=O)O)cn3C2CC2)CC1. The minimum absolute atomic E-state index is 0.00835. The second-order valence-corrected chi connectivity index (χ2v) is 6.95. The van der Waals surface area contributed by atoms with E-state index in [-0.39, 0.29) is 22.8 Å². The van der Waals surface area contributed by atoms with Gasteiger partial charge < -0.3 is 14.6 Å². The molecule has 0 spiro atoms. The third-order valence-corrected chi connectivity index (χ3v) is 5.10. The van der Waals surface area contributed by atoms with E-state index in [1.54, 1.807) is 4.57 Å². The van der Waals surface area contributed by atoms with Crippen molar-refractivity contribution in [3.63, 3.8) is 0 Å². The molecule has 0 aromatic carbocycles. The topological polar surface area (TPSA) is 78.7 Å². The average molecular weight is 370 g/mol. The highest BCUT2D eigenvalue weighted by Crippen LogP contribution is 2.37. The molecule has 1 saturated carbocycles. The van der Waals surface area contributed by atoms with Crippen LogP contribution in [-0.2, 0) is 0 Å². The molecule has 140 valence electrons. The molecule has 1 saturated heterocycles. The van der Waals surface area contributed by atoms with Crippen LogP contribution in [0.25, 0.3) is 11.0 Å². The summed E-state index contributed by atoms with van der Waals surface area (Å²) < 4.78 is 16.5. The van der Waals surface area contributed by atoms with Crippen molar-refractivity contribution in [2.24, 2.45) is 0 Å². The van der Waals surface area contributed by atoms with Gasteiger partial charge in [-0.25, -0.2) is 14.2 Å². The number of aromatic carboxylic acids is 1. The summed E-state index contributed by atoms with van der Waals surface area (Å²) in [6, 6.07) is 1.23. The number of rotatable bonds is 4. The summed E-state index contributed by atoms with van der Waals surface area (Å²) in [6.07, 6.45) is 8.45. The Hall–Kier alpha value is -2.92. The van der Waals surface area contributed by atoms with Crippen LogP contribution in [0, 0.1) is 18.2 Å². The highest BCUT2D eigenvalue weighted by atomic mass is 19.1. The summed E-state index contributed by atoms with van der Waals surface area (Å²) in [6.45, 7) is 3.13. The van der Waals surface area contributed by atoms with Crippen LogP contribution in [0.3, 0.4) is 0 Å². The predicted octanol–water partition coefficient (Wildman–Crippen LogP) is 1.32. The fourth-order valence-corrected chi connectivity index (χ4v) is 3.49. The number of pyridine rings is 2. The van der Waals surface area contributed by atoms with Crippen LogP contribution in [0.1, 0.15) is 29.2 Å². The van der Waals surface area contributed by atoms with E-state index in [4.69, 9.17) is 6.42 Å². The van der Waals surface area contributed by atoms with Gasteiger partial charge in [-0.3, -0.25) is 9.69 Å². The van der Waals surface area contributed by atoms with Crippen LogP contribution in [0.4, 0.5) is 10.2 Å². The van der Waals surface area contributed by atoms with Crippen molar-refractivity contribution in [2.75, 3.05) is 37.6 Å². The van der Waals surface area contributed by atoms with Crippen LogP contribution in [0.2, 0.25) is 0 Å². The van der Waals surface area contributed by atoms with Gasteiger partial charge in [0, 0.05) is 38.4 Å². The Labute approximate surface area is 155 Å². The summed E-state index contributed by atoms with van der Waals surface area (Å²) in [5, 5.41) is 9.30. The minimum Gasteiger partial charge on any atom is -0.477 e. The third kappa shape index (κ3) is 3.15. The number of halogens is 1. The quantitative estimate of drug-likeness (QED) is 0.818. The molecule has 0 atom stereocenters. The number of terminal acetylenes is 1. The molecule has 1 N–H and O–H groups in total. The van der Waals surface area contributed by atoms with Crippen LogP contribution in [0.5, 0.6) is 0 Å². The van der Waals surface area contributed by atoms with Crippen molar-refractivity contribution in [1.29, 1.82) is 0 Å². The standard InChI is InChI=1S/C19H19FN4O3/c1-2-5-22-6-8-23(9-7-22)18-15(20)10-13-16(25)14(19(26)27)11-24(12-3-4-12)17(13)21-18/h1,10-12H,3-9H2,(H,26,27). The van der Waals surface area contributed by atoms with Gasteiger partial charge in [0.05, 0.1) is 11.9 Å². The first kappa shape index (κ1) is 17.5. The molecule has 2 aliphatic rings. The Morgan fingerprint density at radius 2 is 2.04 bits per heavy atom. The maximum absolute atomic E-state index is 14.8. The monoisotopic (exact) mass is 370 g/mol. The van der Waals surface area contributed by atoms with Gasteiger partial charge in [-0.15, -0.1) is 6.42 Å². The van der Waals surface area contributed by atoms with Gasteiger partial charge in [0.25, 0.3) is 0 Å². The lowest BCUT2D eigenvalue weighted by atomic mass is 10.1. The number of carbonyl (C=O) groups is 1. The van der Waals surface area contributed by atoms with Gasteiger partial charge >= 0.3 is 5.97 Å². The second-order valence-electron chi connectivity index (χ2n) is 6.95. The molecule has 2 aromatic rings. The number of carboxylic acid groups (broad SMARTS) is 1. The van der Waals surface area contributed by atoms with Gasteiger partial charge in [-0.1, -0.05) is 5.92 Å². The molecule has 0 bridgehead atoms. The van der Waals surface area contributed by atoms with E-state index >= 15 is 0 Å². The first-order valence-corrected chi connectivity index (χ1v) is 8.89. The molecule has 8 heteroatoms. The Morgan fingerprint density at radius 1 is 1.33 bits per heavy atom. The van der Waals surface area contributed by atoms with Gasteiger partial charge in [0.2, 0.25) is 5.43 Å². The molecular formula is C19H19FN4O3. The third-order valence-electron chi connectivity index (χ3n) is 5.10. The zero-order valence-electron chi connectivity index (χ0n) is 14.7. The molecule has 7 nitrogen and oxygen atoms in total.